The van der Waals surface area contributed by atoms with Gasteiger partial charge in [0.1, 0.15) is 5.75 Å². The van der Waals surface area contributed by atoms with Crippen LogP contribution in [0.4, 0.5) is 5.69 Å². The molecule has 1 aliphatic rings. The molecule has 0 saturated carbocycles. The van der Waals surface area contributed by atoms with Crippen molar-refractivity contribution in [1.82, 2.24) is 5.32 Å². The highest BCUT2D eigenvalue weighted by molar-refractivity contribution is 8.03. The van der Waals surface area contributed by atoms with Crippen molar-refractivity contribution < 1.29 is 14.3 Å². The summed E-state index contributed by atoms with van der Waals surface area (Å²) < 4.78 is 5.40. The van der Waals surface area contributed by atoms with Crippen molar-refractivity contribution >= 4 is 40.9 Å². The first-order chi connectivity index (χ1) is 14.4. The predicted octanol–water partition coefficient (Wildman–Crippen LogP) is 4.37. The summed E-state index contributed by atoms with van der Waals surface area (Å²) in [5, 5.41) is 16.3. The first-order valence-electron chi connectivity index (χ1n) is 9.19. The largest absolute Gasteiger partial charge is 0.496 e. The standard InChI is InChI=1S/C22H20ClN3O3S/c1-13-17(23)7-5-8-18(13)25-21(28)12-30-22-16(11-24)15(10-20(27)26-22)14-6-3-4-9-19(14)29-2/h3-9,15H,10,12H2,1-2H3,(H,25,28)(H,26,27). The van der Waals surface area contributed by atoms with Gasteiger partial charge in [0.15, 0.2) is 0 Å². The molecule has 30 heavy (non-hydrogen) atoms. The molecule has 0 aliphatic carbocycles. The van der Waals surface area contributed by atoms with Crippen molar-refractivity contribution in [1.29, 1.82) is 5.26 Å². The minimum atomic E-state index is -0.430. The van der Waals surface area contributed by atoms with Crippen LogP contribution in [-0.4, -0.2) is 24.7 Å². The molecule has 1 atom stereocenters. The lowest BCUT2D eigenvalue weighted by atomic mass is 9.86. The van der Waals surface area contributed by atoms with Crippen molar-refractivity contribution in [2.45, 2.75) is 19.3 Å². The van der Waals surface area contributed by atoms with E-state index in [1.165, 1.54) is 0 Å². The second-order valence-corrected chi connectivity index (χ2v) is 8.04. The molecule has 0 fully saturated rings. The molecule has 0 radical (unpaired) electrons. The molecule has 1 heterocycles. The lowest BCUT2D eigenvalue weighted by molar-refractivity contribution is -0.121. The van der Waals surface area contributed by atoms with E-state index in [4.69, 9.17) is 16.3 Å². The number of thioether (sulfide) groups is 1. The quantitative estimate of drug-likeness (QED) is 0.694. The van der Waals surface area contributed by atoms with Crippen LogP contribution in [0.25, 0.3) is 0 Å². The van der Waals surface area contributed by atoms with E-state index >= 15 is 0 Å². The van der Waals surface area contributed by atoms with Gasteiger partial charge in [-0.25, -0.2) is 0 Å². The molecule has 3 rings (SSSR count). The van der Waals surface area contributed by atoms with Crippen LogP contribution in [0.1, 0.15) is 23.5 Å². The third kappa shape index (κ3) is 4.78. The van der Waals surface area contributed by atoms with Gasteiger partial charge in [-0.3, -0.25) is 9.59 Å². The van der Waals surface area contributed by atoms with Crippen LogP contribution in [0.15, 0.2) is 53.1 Å². The summed E-state index contributed by atoms with van der Waals surface area (Å²) in [5.41, 5.74) is 2.58. The minimum Gasteiger partial charge on any atom is -0.496 e. The van der Waals surface area contributed by atoms with E-state index in [0.717, 1.165) is 22.9 Å². The number of methoxy groups -OCH3 is 1. The van der Waals surface area contributed by atoms with Gasteiger partial charge < -0.3 is 15.4 Å². The summed E-state index contributed by atoms with van der Waals surface area (Å²) in [6, 6.07) is 14.8. The average molecular weight is 442 g/mol. The third-order valence-electron chi connectivity index (χ3n) is 4.76. The van der Waals surface area contributed by atoms with Gasteiger partial charge in [-0.05, 0) is 30.7 Å². The van der Waals surface area contributed by atoms with Crippen LogP contribution in [0.3, 0.4) is 0 Å². The third-order valence-corrected chi connectivity index (χ3v) is 6.19. The highest BCUT2D eigenvalue weighted by Gasteiger charge is 2.31. The molecule has 0 aromatic heterocycles. The summed E-state index contributed by atoms with van der Waals surface area (Å²) >= 11 is 7.21. The monoisotopic (exact) mass is 441 g/mol. The molecule has 0 bridgehead atoms. The van der Waals surface area contributed by atoms with Crippen LogP contribution in [-0.2, 0) is 9.59 Å². The SMILES string of the molecule is COc1ccccc1C1CC(=O)NC(SCC(=O)Nc2cccc(Cl)c2C)=C1C#N. The van der Waals surface area contributed by atoms with Gasteiger partial charge in [-0.1, -0.05) is 47.6 Å². The highest BCUT2D eigenvalue weighted by atomic mass is 35.5. The highest BCUT2D eigenvalue weighted by Crippen LogP contribution is 2.39. The van der Waals surface area contributed by atoms with Crippen LogP contribution in [0.2, 0.25) is 5.02 Å². The molecular formula is C22H20ClN3O3S. The molecular weight excluding hydrogens is 422 g/mol. The van der Waals surface area contributed by atoms with Crippen LogP contribution < -0.4 is 15.4 Å². The zero-order valence-corrected chi connectivity index (χ0v) is 18.1. The van der Waals surface area contributed by atoms with E-state index in [0.29, 0.717) is 27.1 Å². The summed E-state index contributed by atoms with van der Waals surface area (Å²) in [6.45, 7) is 1.82. The first kappa shape index (κ1) is 21.8. The van der Waals surface area contributed by atoms with Crippen LogP contribution in [0, 0.1) is 18.3 Å². The average Bonchev–Trinajstić information content (AvgIpc) is 2.75. The number of allylic oxidation sites excluding steroid dienone is 1. The molecule has 1 unspecified atom stereocenters. The van der Waals surface area contributed by atoms with E-state index in [-0.39, 0.29) is 24.0 Å². The normalized spacial score (nSPS) is 15.9. The molecule has 2 amide bonds. The molecule has 6 nitrogen and oxygen atoms in total. The Labute approximate surface area is 184 Å². The fraction of sp³-hybridized carbons (Fsp3) is 0.227. The molecule has 2 aromatic rings. The number of rotatable bonds is 6. The van der Waals surface area contributed by atoms with Gasteiger partial charge in [0.05, 0.1) is 29.5 Å². The Morgan fingerprint density at radius 1 is 1.33 bits per heavy atom. The van der Waals surface area contributed by atoms with Crippen molar-refractivity contribution in [2.75, 3.05) is 18.2 Å². The van der Waals surface area contributed by atoms with E-state index in [9.17, 15) is 14.9 Å². The van der Waals surface area contributed by atoms with Crippen LogP contribution in [0.5, 0.6) is 5.75 Å². The number of benzene rings is 2. The second-order valence-electron chi connectivity index (χ2n) is 6.65. The van der Waals surface area contributed by atoms with Gasteiger partial charge in [-0.15, -0.1) is 0 Å². The Kier molecular flexibility index (Phi) is 7.03. The molecule has 0 spiro atoms. The van der Waals surface area contributed by atoms with Crippen molar-refractivity contribution in [3.05, 3.63) is 69.2 Å². The Morgan fingerprint density at radius 2 is 2.10 bits per heavy atom. The number of nitrogens with one attached hydrogen (secondary N) is 2. The Hall–Kier alpha value is -2.95. The number of nitriles is 1. The first-order valence-corrected chi connectivity index (χ1v) is 10.6. The Bertz CT molecular complexity index is 1060. The number of ether oxygens (including phenoxy) is 1. The van der Waals surface area contributed by atoms with Crippen molar-refractivity contribution in [3.8, 4) is 11.8 Å². The molecule has 1 aliphatic heterocycles. The minimum absolute atomic E-state index is 0.0331. The number of nitrogens with zero attached hydrogens (tertiary/aromatic N) is 1. The number of hydrogen-bond acceptors (Lipinski definition) is 5. The Morgan fingerprint density at radius 3 is 2.83 bits per heavy atom. The summed E-state index contributed by atoms with van der Waals surface area (Å²) in [6.07, 6.45) is 0.140. The smallest absolute Gasteiger partial charge is 0.234 e. The fourth-order valence-corrected chi connectivity index (χ4v) is 4.27. The van der Waals surface area contributed by atoms with E-state index in [1.807, 2.05) is 25.1 Å². The molecule has 2 aromatic carbocycles. The van der Waals surface area contributed by atoms with Crippen molar-refractivity contribution in [2.24, 2.45) is 0 Å². The van der Waals surface area contributed by atoms with E-state index in [2.05, 4.69) is 16.7 Å². The summed E-state index contributed by atoms with van der Waals surface area (Å²) in [4.78, 5) is 24.7. The van der Waals surface area contributed by atoms with Gasteiger partial charge in [-0.2, -0.15) is 5.26 Å². The molecule has 154 valence electrons. The number of amides is 2. The maximum atomic E-state index is 12.4. The topological polar surface area (TPSA) is 91.2 Å². The number of halogens is 1. The van der Waals surface area contributed by atoms with E-state index < -0.39 is 5.92 Å². The van der Waals surface area contributed by atoms with Crippen LogP contribution >= 0.6 is 23.4 Å². The van der Waals surface area contributed by atoms with Gasteiger partial charge in [0.2, 0.25) is 11.8 Å². The summed E-state index contributed by atoms with van der Waals surface area (Å²) in [7, 11) is 1.55. The lowest BCUT2D eigenvalue weighted by Gasteiger charge is -2.26. The number of carbonyl (C=O) groups is 2. The predicted molar refractivity (Wildman–Crippen MR) is 118 cm³/mol. The zero-order chi connectivity index (χ0) is 21.7. The maximum Gasteiger partial charge on any atom is 0.234 e. The maximum absolute atomic E-state index is 12.4. The fourth-order valence-electron chi connectivity index (χ4n) is 3.22. The number of carbonyl (C=O) groups excluding carboxylic acids is 2. The van der Waals surface area contributed by atoms with Gasteiger partial charge in [0, 0.05) is 28.6 Å². The zero-order valence-electron chi connectivity index (χ0n) is 16.5. The number of anilines is 1. The van der Waals surface area contributed by atoms with Crippen molar-refractivity contribution in [3.63, 3.8) is 0 Å². The van der Waals surface area contributed by atoms with Gasteiger partial charge >= 0.3 is 0 Å². The van der Waals surface area contributed by atoms with Gasteiger partial charge in [0.25, 0.3) is 0 Å². The number of hydrogen-bond donors (Lipinski definition) is 2. The summed E-state index contributed by atoms with van der Waals surface area (Å²) in [5.74, 6) is -0.253. The number of para-hydroxylation sites is 1. The molecule has 0 saturated heterocycles. The van der Waals surface area contributed by atoms with E-state index in [1.54, 1.807) is 31.4 Å². The lowest BCUT2D eigenvalue weighted by Crippen LogP contribution is -2.31. The second kappa shape index (κ2) is 9.70. The molecule has 2 N–H and O–H groups in total. The Balaban J connectivity index is 1.80. The molecule has 8 heteroatoms.